The van der Waals surface area contributed by atoms with Crippen molar-refractivity contribution in [3.8, 4) is 0 Å². The summed E-state index contributed by atoms with van der Waals surface area (Å²) in [6.45, 7) is 4.00. The fourth-order valence-corrected chi connectivity index (χ4v) is 2.73. The molecule has 3 heteroatoms. The highest BCUT2D eigenvalue weighted by atomic mass is 15.0. The Kier molecular flexibility index (Phi) is 2.20. The van der Waals surface area contributed by atoms with Crippen LogP contribution in [0.4, 0.5) is 0 Å². The zero-order chi connectivity index (χ0) is 10.3. The van der Waals surface area contributed by atoms with Crippen molar-refractivity contribution < 1.29 is 0 Å². The van der Waals surface area contributed by atoms with Gasteiger partial charge in [0, 0.05) is 30.3 Å². The van der Waals surface area contributed by atoms with Crippen LogP contribution in [0.1, 0.15) is 54.4 Å². The molecule has 0 spiro atoms. The van der Waals surface area contributed by atoms with Gasteiger partial charge < -0.3 is 5.32 Å². The van der Waals surface area contributed by atoms with E-state index in [4.69, 9.17) is 4.98 Å². The van der Waals surface area contributed by atoms with Crippen LogP contribution in [-0.2, 0) is 13.1 Å². The summed E-state index contributed by atoms with van der Waals surface area (Å²) in [5.74, 6) is 1.74. The molecule has 15 heavy (non-hydrogen) atoms. The maximum Gasteiger partial charge on any atom is 0.132 e. The van der Waals surface area contributed by atoms with E-state index in [2.05, 4.69) is 17.2 Å². The molecule has 1 fully saturated rings. The van der Waals surface area contributed by atoms with Crippen LogP contribution >= 0.6 is 0 Å². The van der Waals surface area contributed by atoms with Crippen LogP contribution < -0.4 is 5.32 Å². The van der Waals surface area contributed by atoms with E-state index >= 15 is 0 Å². The van der Waals surface area contributed by atoms with Crippen molar-refractivity contribution in [2.45, 2.75) is 51.6 Å². The van der Waals surface area contributed by atoms with Crippen LogP contribution in [0.5, 0.6) is 0 Å². The van der Waals surface area contributed by atoms with Gasteiger partial charge in [0.05, 0.1) is 5.69 Å². The van der Waals surface area contributed by atoms with Crippen LogP contribution in [-0.4, -0.2) is 9.97 Å². The third-order valence-corrected chi connectivity index (χ3v) is 3.63. The maximum atomic E-state index is 4.72. The van der Waals surface area contributed by atoms with E-state index in [1.165, 1.54) is 42.6 Å². The number of aryl methyl sites for hydroxylation is 1. The molecule has 1 N–H and O–H groups in total. The molecule has 1 aliphatic carbocycles. The van der Waals surface area contributed by atoms with E-state index in [1.807, 2.05) is 0 Å². The quantitative estimate of drug-likeness (QED) is 0.759. The second-order valence-corrected chi connectivity index (χ2v) is 4.68. The van der Waals surface area contributed by atoms with Gasteiger partial charge in [-0.2, -0.15) is 0 Å². The number of fused-ring (bicyclic) bond motifs is 1. The molecule has 0 unspecified atom stereocenters. The van der Waals surface area contributed by atoms with E-state index in [0.717, 1.165) is 18.9 Å². The van der Waals surface area contributed by atoms with Gasteiger partial charge in [-0.1, -0.05) is 12.8 Å². The largest absolute Gasteiger partial charge is 0.307 e. The zero-order valence-electron chi connectivity index (χ0n) is 9.21. The minimum absolute atomic E-state index is 0.634. The molecule has 0 amide bonds. The van der Waals surface area contributed by atoms with Crippen LogP contribution in [0.25, 0.3) is 0 Å². The second kappa shape index (κ2) is 3.56. The molecule has 1 aliphatic heterocycles. The minimum atomic E-state index is 0.634. The smallest absolute Gasteiger partial charge is 0.132 e. The van der Waals surface area contributed by atoms with Crippen molar-refractivity contribution in [2.24, 2.45) is 0 Å². The Morgan fingerprint density at radius 2 is 1.93 bits per heavy atom. The molecule has 80 valence electrons. The zero-order valence-corrected chi connectivity index (χ0v) is 9.21. The first kappa shape index (κ1) is 9.28. The number of nitrogens with one attached hydrogen (secondary N) is 1. The standard InChI is InChI=1S/C12H17N3/c1-8-10-6-13-7-11(10)15-12(14-8)9-4-2-3-5-9/h9,13H,2-7H2,1H3. The van der Waals surface area contributed by atoms with Gasteiger partial charge in [0.1, 0.15) is 5.82 Å². The van der Waals surface area contributed by atoms with Crippen LogP contribution in [0.3, 0.4) is 0 Å². The van der Waals surface area contributed by atoms with Gasteiger partial charge in [-0.15, -0.1) is 0 Å². The second-order valence-electron chi connectivity index (χ2n) is 4.68. The summed E-state index contributed by atoms with van der Waals surface area (Å²) in [4.78, 5) is 9.40. The molecule has 0 saturated heterocycles. The first-order chi connectivity index (χ1) is 7.34. The van der Waals surface area contributed by atoms with E-state index in [-0.39, 0.29) is 0 Å². The Bertz CT molecular complexity index is 381. The maximum absolute atomic E-state index is 4.72. The Hall–Kier alpha value is -0.960. The van der Waals surface area contributed by atoms with Gasteiger partial charge in [0.15, 0.2) is 0 Å². The van der Waals surface area contributed by atoms with Gasteiger partial charge >= 0.3 is 0 Å². The van der Waals surface area contributed by atoms with Gasteiger partial charge in [-0.05, 0) is 19.8 Å². The van der Waals surface area contributed by atoms with Gasteiger partial charge in [0.2, 0.25) is 0 Å². The molecule has 0 atom stereocenters. The first-order valence-corrected chi connectivity index (χ1v) is 5.91. The lowest BCUT2D eigenvalue weighted by atomic mass is 10.1. The van der Waals surface area contributed by atoms with Crippen molar-refractivity contribution in [1.82, 2.24) is 15.3 Å². The average Bonchev–Trinajstić information content (AvgIpc) is 2.88. The normalized spacial score (nSPS) is 20.9. The molecular formula is C12H17N3. The Morgan fingerprint density at radius 3 is 2.73 bits per heavy atom. The number of hydrogen-bond acceptors (Lipinski definition) is 3. The lowest BCUT2D eigenvalue weighted by Gasteiger charge is -2.10. The summed E-state index contributed by atoms with van der Waals surface area (Å²) in [6, 6.07) is 0. The fraction of sp³-hybridized carbons (Fsp3) is 0.667. The highest BCUT2D eigenvalue weighted by Gasteiger charge is 2.23. The summed E-state index contributed by atoms with van der Waals surface area (Å²) in [7, 11) is 0. The highest BCUT2D eigenvalue weighted by Crippen LogP contribution is 2.33. The van der Waals surface area contributed by atoms with Crippen molar-refractivity contribution in [3.63, 3.8) is 0 Å². The topological polar surface area (TPSA) is 37.8 Å². The van der Waals surface area contributed by atoms with Crippen molar-refractivity contribution in [3.05, 3.63) is 22.8 Å². The molecule has 1 saturated carbocycles. The summed E-state index contributed by atoms with van der Waals surface area (Å²) in [5, 5.41) is 3.34. The highest BCUT2D eigenvalue weighted by molar-refractivity contribution is 5.29. The average molecular weight is 203 g/mol. The van der Waals surface area contributed by atoms with Crippen molar-refractivity contribution in [2.75, 3.05) is 0 Å². The third-order valence-electron chi connectivity index (χ3n) is 3.63. The van der Waals surface area contributed by atoms with Crippen LogP contribution in [0.2, 0.25) is 0 Å². The molecule has 0 radical (unpaired) electrons. The molecule has 3 nitrogen and oxygen atoms in total. The van der Waals surface area contributed by atoms with Crippen molar-refractivity contribution in [1.29, 1.82) is 0 Å². The molecule has 0 aromatic carbocycles. The first-order valence-electron chi connectivity index (χ1n) is 5.91. The molecule has 2 heterocycles. The molecule has 2 aliphatic rings. The van der Waals surface area contributed by atoms with Crippen LogP contribution in [0.15, 0.2) is 0 Å². The fourth-order valence-electron chi connectivity index (χ4n) is 2.73. The van der Waals surface area contributed by atoms with Gasteiger partial charge in [-0.25, -0.2) is 9.97 Å². The predicted molar refractivity (Wildman–Crippen MR) is 58.5 cm³/mol. The van der Waals surface area contributed by atoms with E-state index in [0.29, 0.717) is 5.92 Å². The van der Waals surface area contributed by atoms with Crippen molar-refractivity contribution >= 4 is 0 Å². The number of aromatic nitrogens is 2. The monoisotopic (exact) mass is 203 g/mol. The Morgan fingerprint density at radius 1 is 1.13 bits per heavy atom. The summed E-state index contributed by atoms with van der Waals surface area (Å²) in [6.07, 6.45) is 5.27. The minimum Gasteiger partial charge on any atom is -0.307 e. The third kappa shape index (κ3) is 1.55. The molecule has 3 rings (SSSR count). The molecule has 1 aromatic rings. The van der Waals surface area contributed by atoms with E-state index in [9.17, 15) is 0 Å². The predicted octanol–water partition coefficient (Wildman–Crippen LogP) is 2.05. The number of nitrogens with zero attached hydrogens (tertiary/aromatic N) is 2. The lowest BCUT2D eigenvalue weighted by molar-refractivity contribution is 0.656. The summed E-state index contributed by atoms with van der Waals surface area (Å²) in [5.41, 5.74) is 3.76. The van der Waals surface area contributed by atoms with E-state index in [1.54, 1.807) is 0 Å². The summed E-state index contributed by atoms with van der Waals surface area (Å²) < 4.78 is 0. The molecule has 1 aromatic heterocycles. The Balaban J connectivity index is 1.99. The molecular weight excluding hydrogens is 186 g/mol. The van der Waals surface area contributed by atoms with E-state index < -0.39 is 0 Å². The van der Waals surface area contributed by atoms with Gasteiger partial charge in [-0.3, -0.25) is 0 Å². The summed E-state index contributed by atoms with van der Waals surface area (Å²) >= 11 is 0. The van der Waals surface area contributed by atoms with Crippen LogP contribution in [0, 0.1) is 6.92 Å². The number of hydrogen-bond donors (Lipinski definition) is 1. The van der Waals surface area contributed by atoms with Gasteiger partial charge in [0.25, 0.3) is 0 Å². The SMILES string of the molecule is Cc1nc(C2CCCC2)nc2c1CNC2. The lowest BCUT2D eigenvalue weighted by Crippen LogP contribution is -2.06. The Labute approximate surface area is 90.3 Å². The number of rotatable bonds is 1. The molecule has 0 bridgehead atoms.